The number of aryl methyl sites for hydroxylation is 1. The molecule has 112 valence electrons. The van der Waals surface area contributed by atoms with Crippen LogP contribution in [0.5, 0.6) is 0 Å². The molecular formula is C14H23N3O2S. The van der Waals surface area contributed by atoms with Crippen LogP contribution in [-0.2, 0) is 4.74 Å². The van der Waals surface area contributed by atoms with Gasteiger partial charge < -0.3 is 15.4 Å². The van der Waals surface area contributed by atoms with Crippen molar-refractivity contribution in [2.45, 2.75) is 39.2 Å². The Morgan fingerprint density at radius 3 is 3.00 bits per heavy atom. The number of amides is 2. The molecule has 2 amide bonds. The van der Waals surface area contributed by atoms with Gasteiger partial charge in [-0.3, -0.25) is 0 Å². The van der Waals surface area contributed by atoms with E-state index in [1.807, 2.05) is 19.2 Å². The third-order valence-electron chi connectivity index (χ3n) is 3.66. The number of nitrogens with zero attached hydrogens (tertiary/aromatic N) is 1. The second-order valence-electron chi connectivity index (χ2n) is 5.49. The molecule has 0 bridgehead atoms. The first-order chi connectivity index (χ1) is 9.56. The molecule has 2 heterocycles. The van der Waals surface area contributed by atoms with Crippen molar-refractivity contribution in [3.8, 4) is 0 Å². The van der Waals surface area contributed by atoms with Gasteiger partial charge in [0.1, 0.15) is 0 Å². The largest absolute Gasteiger partial charge is 0.381 e. The van der Waals surface area contributed by atoms with Gasteiger partial charge in [-0.1, -0.05) is 6.92 Å². The third kappa shape index (κ3) is 4.18. The van der Waals surface area contributed by atoms with Crippen LogP contribution in [0.25, 0.3) is 0 Å². The van der Waals surface area contributed by atoms with Crippen molar-refractivity contribution < 1.29 is 9.53 Å². The maximum absolute atomic E-state index is 11.9. The highest BCUT2D eigenvalue weighted by molar-refractivity contribution is 7.09. The van der Waals surface area contributed by atoms with Gasteiger partial charge in [-0.05, 0) is 20.3 Å². The third-order valence-corrected chi connectivity index (χ3v) is 4.85. The lowest BCUT2D eigenvalue weighted by Crippen LogP contribution is -2.45. The average Bonchev–Trinajstić information content (AvgIpc) is 3.06. The standard InChI is InChI=1S/C14H23N3O2S/c1-9(13-16-10(2)8-20-13)6-15-14(18)17-11(3)12-4-5-19-7-12/h8-9,11-12H,4-7H2,1-3H3,(H2,15,17,18)/t9-,11-,12+/m1/s1. The molecule has 20 heavy (non-hydrogen) atoms. The van der Waals surface area contributed by atoms with E-state index in [9.17, 15) is 4.79 Å². The van der Waals surface area contributed by atoms with E-state index in [-0.39, 0.29) is 18.0 Å². The highest BCUT2D eigenvalue weighted by Crippen LogP contribution is 2.19. The summed E-state index contributed by atoms with van der Waals surface area (Å²) in [6.45, 7) is 8.25. The number of carbonyl (C=O) groups excluding carboxylic acids is 1. The van der Waals surface area contributed by atoms with E-state index in [1.165, 1.54) is 0 Å². The van der Waals surface area contributed by atoms with Gasteiger partial charge in [0.25, 0.3) is 0 Å². The van der Waals surface area contributed by atoms with Crippen LogP contribution in [0.1, 0.15) is 36.9 Å². The summed E-state index contributed by atoms with van der Waals surface area (Å²) in [5.74, 6) is 0.671. The fourth-order valence-electron chi connectivity index (χ4n) is 2.25. The monoisotopic (exact) mass is 297 g/mol. The molecule has 1 aliphatic heterocycles. The van der Waals surface area contributed by atoms with E-state index in [2.05, 4.69) is 22.5 Å². The Labute approximate surface area is 124 Å². The van der Waals surface area contributed by atoms with E-state index in [1.54, 1.807) is 11.3 Å². The minimum absolute atomic E-state index is 0.107. The minimum Gasteiger partial charge on any atom is -0.381 e. The van der Waals surface area contributed by atoms with E-state index in [4.69, 9.17) is 4.74 Å². The van der Waals surface area contributed by atoms with Crippen molar-refractivity contribution in [1.82, 2.24) is 15.6 Å². The van der Waals surface area contributed by atoms with Gasteiger partial charge in [0.2, 0.25) is 0 Å². The van der Waals surface area contributed by atoms with E-state index >= 15 is 0 Å². The van der Waals surface area contributed by atoms with Gasteiger partial charge >= 0.3 is 6.03 Å². The summed E-state index contributed by atoms with van der Waals surface area (Å²) < 4.78 is 5.34. The van der Waals surface area contributed by atoms with Crippen molar-refractivity contribution in [1.29, 1.82) is 0 Å². The van der Waals surface area contributed by atoms with Gasteiger partial charge in [0.05, 0.1) is 11.6 Å². The molecule has 1 fully saturated rings. The van der Waals surface area contributed by atoms with Crippen LogP contribution in [0.2, 0.25) is 0 Å². The summed E-state index contributed by atoms with van der Waals surface area (Å²) in [5.41, 5.74) is 1.04. The first kappa shape index (κ1) is 15.3. The summed E-state index contributed by atoms with van der Waals surface area (Å²) in [6.07, 6.45) is 1.02. The number of carbonyl (C=O) groups is 1. The Hall–Kier alpha value is -1.14. The summed E-state index contributed by atoms with van der Waals surface area (Å²) in [6, 6.07) is 0.0411. The van der Waals surface area contributed by atoms with Crippen LogP contribution in [0.4, 0.5) is 4.79 Å². The molecule has 1 saturated heterocycles. The maximum Gasteiger partial charge on any atom is 0.315 e. The van der Waals surface area contributed by atoms with Crippen LogP contribution >= 0.6 is 11.3 Å². The molecule has 0 radical (unpaired) electrons. The number of urea groups is 1. The SMILES string of the molecule is Cc1csc([C@H](C)CNC(=O)N[C@H](C)[C@H]2CCOC2)n1. The summed E-state index contributed by atoms with van der Waals surface area (Å²) >= 11 is 1.64. The van der Waals surface area contributed by atoms with Gasteiger partial charge in [-0.15, -0.1) is 11.3 Å². The summed E-state index contributed by atoms with van der Waals surface area (Å²) in [4.78, 5) is 16.3. The zero-order chi connectivity index (χ0) is 14.5. The van der Waals surface area contributed by atoms with E-state index in [0.29, 0.717) is 12.5 Å². The molecule has 0 aromatic carbocycles. The van der Waals surface area contributed by atoms with Gasteiger partial charge in [0, 0.05) is 42.1 Å². The van der Waals surface area contributed by atoms with Crippen LogP contribution in [0.3, 0.4) is 0 Å². The zero-order valence-electron chi connectivity index (χ0n) is 12.3. The molecule has 1 aromatic rings. The van der Waals surface area contributed by atoms with Crippen molar-refractivity contribution in [2.75, 3.05) is 19.8 Å². The van der Waals surface area contributed by atoms with Crippen molar-refractivity contribution >= 4 is 17.4 Å². The molecule has 1 aromatic heterocycles. The minimum atomic E-state index is -0.107. The first-order valence-corrected chi connectivity index (χ1v) is 7.98. The average molecular weight is 297 g/mol. The van der Waals surface area contributed by atoms with Crippen molar-refractivity contribution in [3.05, 3.63) is 16.1 Å². The smallest absolute Gasteiger partial charge is 0.315 e. The second kappa shape index (κ2) is 7.04. The normalized spacial score (nSPS) is 21.4. The van der Waals surface area contributed by atoms with Gasteiger partial charge in [-0.2, -0.15) is 0 Å². The molecule has 6 heteroatoms. The molecule has 3 atom stereocenters. The first-order valence-electron chi connectivity index (χ1n) is 7.10. The lowest BCUT2D eigenvalue weighted by molar-refractivity contribution is 0.178. The lowest BCUT2D eigenvalue weighted by Gasteiger charge is -2.20. The van der Waals surface area contributed by atoms with E-state index in [0.717, 1.165) is 30.3 Å². The number of hydrogen-bond acceptors (Lipinski definition) is 4. The van der Waals surface area contributed by atoms with E-state index < -0.39 is 0 Å². The predicted molar refractivity (Wildman–Crippen MR) is 80.2 cm³/mol. The highest BCUT2D eigenvalue weighted by Gasteiger charge is 2.23. The molecule has 2 rings (SSSR count). The number of nitrogens with one attached hydrogen (secondary N) is 2. The predicted octanol–water partition coefficient (Wildman–Crippen LogP) is 2.28. The topological polar surface area (TPSA) is 63.2 Å². The van der Waals surface area contributed by atoms with Crippen molar-refractivity contribution in [3.63, 3.8) is 0 Å². The van der Waals surface area contributed by atoms with Gasteiger partial charge in [-0.25, -0.2) is 9.78 Å². The molecule has 0 saturated carbocycles. The van der Waals surface area contributed by atoms with Crippen LogP contribution in [0.15, 0.2) is 5.38 Å². The highest BCUT2D eigenvalue weighted by atomic mass is 32.1. The Morgan fingerprint density at radius 1 is 1.60 bits per heavy atom. The van der Waals surface area contributed by atoms with Crippen LogP contribution in [0, 0.1) is 12.8 Å². The number of aromatic nitrogens is 1. The quantitative estimate of drug-likeness (QED) is 0.876. The zero-order valence-corrected chi connectivity index (χ0v) is 13.1. The number of hydrogen-bond donors (Lipinski definition) is 2. The number of ether oxygens (including phenoxy) is 1. The molecule has 0 unspecified atom stereocenters. The Morgan fingerprint density at radius 2 is 2.40 bits per heavy atom. The second-order valence-corrected chi connectivity index (χ2v) is 6.38. The summed E-state index contributed by atoms with van der Waals surface area (Å²) in [5, 5.41) is 9.01. The summed E-state index contributed by atoms with van der Waals surface area (Å²) in [7, 11) is 0. The molecule has 1 aliphatic rings. The Bertz CT molecular complexity index is 443. The molecular weight excluding hydrogens is 274 g/mol. The lowest BCUT2D eigenvalue weighted by atomic mass is 10.0. The van der Waals surface area contributed by atoms with Gasteiger partial charge in [0.15, 0.2) is 0 Å². The fraction of sp³-hybridized carbons (Fsp3) is 0.714. The molecule has 5 nitrogen and oxygen atoms in total. The molecule has 0 spiro atoms. The van der Waals surface area contributed by atoms with Crippen LogP contribution in [-0.4, -0.2) is 36.8 Å². The Balaban J connectivity index is 1.71. The van der Waals surface area contributed by atoms with Crippen LogP contribution < -0.4 is 10.6 Å². The molecule has 2 N–H and O–H groups in total. The molecule has 0 aliphatic carbocycles. The van der Waals surface area contributed by atoms with Crippen molar-refractivity contribution in [2.24, 2.45) is 5.92 Å². The fourth-order valence-corrected chi connectivity index (χ4v) is 3.11. The maximum atomic E-state index is 11.9. The number of rotatable bonds is 5. The Kier molecular flexibility index (Phi) is 5.37. The number of thiazole rings is 1.